The molecule has 0 radical (unpaired) electrons. The van der Waals surface area contributed by atoms with Crippen LogP contribution < -0.4 is 24.8 Å². The molecule has 0 atom stereocenters. The molecule has 39 heavy (non-hydrogen) atoms. The predicted octanol–water partition coefficient (Wildman–Crippen LogP) is 4.60. The fraction of sp³-hybridized carbons (Fsp3) is 0.333. The molecule has 0 bridgehead atoms. The molecule has 208 valence electrons. The number of rotatable bonds is 11. The SMILES string of the molecule is COc1cc(NS(=O)(=O)c2ccc(NC(=S)NC(=O)C(C)(C)CCCOc3cc(C)ccc3C)cc2)ncn1. The van der Waals surface area contributed by atoms with Gasteiger partial charge in [-0.2, -0.15) is 0 Å². The van der Waals surface area contributed by atoms with Gasteiger partial charge >= 0.3 is 0 Å². The van der Waals surface area contributed by atoms with Crippen molar-refractivity contribution in [2.45, 2.75) is 45.4 Å². The van der Waals surface area contributed by atoms with E-state index in [2.05, 4.69) is 25.3 Å². The highest BCUT2D eigenvalue weighted by molar-refractivity contribution is 7.92. The molecular weight excluding hydrogens is 538 g/mol. The van der Waals surface area contributed by atoms with Gasteiger partial charge in [0.15, 0.2) is 5.11 Å². The number of amides is 1. The molecule has 12 heteroatoms. The van der Waals surface area contributed by atoms with Crippen LogP contribution in [-0.2, 0) is 14.8 Å². The first-order valence-corrected chi connectivity index (χ1v) is 14.1. The number of benzene rings is 2. The molecule has 3 aromatic rings. The quantitative estimate of drug-likeness (QED) is 0.223. The third-order valence-corrected chi connectivity index (χ3v) is 7.48. The van der Waals surface area contributed by atoms with Crippen molar-refractivity contribution in [1.29, 1.82) is 0 Å². The number of nitrogens with one attached hydrogen (secondary N) is 3. The van der Waals surface area contributed by atoms with Gasteiger partial charge in [-0.15, -0.1) is 0 Å². The van der Waals surface area contributed by atoms with Gasteiger partial charge in [0.1, 0.15) is 17.9 Å². The van der Waals surface area contributed by atoms with Crippen LogP contribution in [0.25, 0.3) is 0 Å². The summed E-state index contributed by atoms with van der Waals surface area (Å²) in [5, 5.41) is 5.74. The van der Waals surface area contributed by atoms with Gasteiger partial charge in [0.2, 0.25) is 11.8 Å². The second-order valence-corrected chi connectivity index (χ2v) is 11.7. The molecule has 0 saturated heterocycles. The molecule has 3 rings (SSSR count). The molecule has 2 aromatic carbocycles. The Balaban J connectivity index is 1.49. The van der Waals surface area contributed by atoms with Gasteiger partial charge < -0.3 is 20.1 Å². The molecule has 0 saturated carbocycles. The van der Waals surface area contributed by atoms with E-state index in [-0.39, 0.29) is 27.6 Å². The Hall–Kier alpha value is -3.77. The van der Waals surface area contributed by atoms with Crippen LogP contribution in [0.1, 0.15) is 37.8 Å². The zero-order valence-electron chi connectivity index (χ0n) is 22.6. The number of aromatic nitrogens is 2. The predicted molar refractivity (Wildman–Crippen MR) is 155 cm³/mol. The fourth-order valence-electron chi connectivity index (χ4n) is 3.53. The highest BCUT2D eigenvalue weighted by Crippen LogP contribution is 2.25. The fourth-order valence-corrected chi connectivity index (χ4v) is 4.74. The van der Waals surface area contributed by atoms with E-state index in [1.807, 2.05) is 45.9 Å². The Labute approximate surface area is 234 Å². The first-order chi connectivity index (χ1) is 18.4. The summed E-state index contributed by atoms with van der Waals surface area (Å²) in [6.07, 6.45) is 2.49. The van der Waals surface area contributed by atoms with Crippen molar-refractivity contribution in [2.75, 3.05) is 23.8 Å². The summed E-state index contributed by atoms with van der Waals surface area (Å²) in [5.74, 6) is 0.931. The Morgan fingerprint density at radius 1 is 1.05 bits per heavy atom. The van der Waals surface area contributed by atoms with Crippen molar-refractivity contribution >= 4 is 44.8 Å². The van der Waals surface area contributed by atoms with Crippen molar-refractivity contribution < 1.29 is 22.7 Å². The van der Waals surface area contributed by atoms with E-state index >= 15 is 0 Å². The molecule has 1 heterocycles. The zero-order valence-corrected chi connectivity index (χ0v) is 24.2. The molecule has 0 spiro atoms. The highest BCUT2D eigenvalue weighted by atomic mass is 32.2. The third-order valence-electron chi connectivity index (χ3n) is 5.90. The molecule has 3 N–H and O–H groups in total. The lowest BCUT2D eigenvalue weighted by Gasteiger charge is -2.24. The molecule has 0 aliphatic heterocycles. The summed E-state index contributed by atoms with van der Waals surface area (Å²) in [7, 11) is -2.47. The van der Waals surface area contributed by atoms with Crippen molar-refractivity contribution in [3.63, 3.8) is 0 Å². The molecule has 0 fully saturated rings. The van der Waals surface area contributed by atoms with Crippen LogP contribution in [0.15, 0.2) is 59.8 Å². The lowest BCUT2D eigenvalue weighted by Crippen LogP contribution is -2.42. The number of carbonyl (C=O) groups excluding carboxylic acids is 1. The summed E-state index contributed by atoms with van der Waals surface area (Å²) < 4.78 is 38.6. The summed E-state index contributed by atoms with van der Waals surface area (Å²) in [6, 6.07) is 13.4. The number of nitrogens with zero attached hydrogens (tertiary/aromatic N) is 2. The first kappa shape index (κ1) is 29.8. The van der Waals surface area contributed by atoms with Crippen molar-refractivity contribution in [1.82, 2.24) is 15.3 Å². The number of hydrogen-bond donors (Lipinski definition) is 3. The normalized spacial score (nSPS) is 11.4. The Kier molecular flexibility index (Phi) is 9.81. The van der Waals surface area contributed by atoms with Gasteiger partial charge in [0, 0.05) is 17.2 Å². The van der Waals surface area contributed by atoms with Crippen LogP contribution in [0.4, 0.5) is 11.5 Å². The second kappa shape index (κ2) is 12.9. The molecule has 1 amide bonds. The summed E-state index contributed by atoms with van der Waals surface area (Å²) in [5.41, 5.74) is 2.04. The van der Waals surface area contributed by atoms with Crippen LogP contribution in [0.2, 0.25) is 0 Å². The van der Waals surface area contributed by atoms with Crippen LogP contribution >= 0.6 is 12.2 Å². The smallest absolute Gasteiger partial charge is 0.263 e. The topological polar surface area (TPSA) is 132 Å². The summed E-state index contributed by atoms with van der Waals surface area (Å²) >= 11 is 5.30. The molecule has 0 aliphatic rings. The van der Waals surface area contributed by atoms with E-state index in [1.54, 1.807) is 12.1 Å². The van der Waals surface area contributed by atoms with Crippen LogP contribution in [0, 0.1) is 19.3 Å². The van der Waals surface area contributed by atoms with E-state index in [4.69, 9.17) is 21.7 Å². The largest absolute Gasteiger partial charge is 0.493 e. The van der Waals surface area contributed by atoms with Crippen LogP contribution in [0.3, 0.4) is 0 Å². The van der Waals surface area contributed by atoms with Gasteiger partial charge in [0.25, 0.3) is 10.0 Å². The van der Waals surface area contributed by atoms with Crippen LogP contribution in [0.5, 0.6) is 11.6 Å². The average Bonchev–Trinajstić information content (AvgIpc) is 2.88. The number of aryl methyl sites for hydroxylation is 2. The van der Waals surface area contributed by atoms with Gasteiger partial charge in [-0.1, -0.05) is 26.0 Å². The molecular formula is C27H33N5O5S2. The second-order valence-electron chi connectivity index (χ2n) is 9.59. The maximum Gasteiger partial charge on any atom is 0.263 e. The number of sulfonamides is 1. The molecule has 0 unspecified atom stereocenters. The number of thiocarbonyl (C=S) groups is 1. The van der Waals surface area contributed by atoms with E-state index < -0.39 is 15.4 Å². The van der Waals surface area contributed by atoms with Crippen molar-refractivity contribution in [2.24, 2.45) is 5.41 Å². The van der Waals surface area contributed by atoms with E-state index in [0.717, 1.165) is 16.9 Å². The summed E-state index contributed by atoms with van der Waals surface area (Å²) in [6.45, 7) is 8.22. The Bertz CT molecular complexity index is 1430. The van der Waals surface area contributed by atoms with Gasteiger partial charge in [0.05, 0.1) is 18.6 Å². The molecule has 1 aromatic heterocycles. The zero-order chi connectivity index (χ0) is 28.6. The number of methoxy groups -OCH3 is 1. The van der Waals surface area contributed by atoms with Crippen LogP contribution in [-0.4, -0.2) is 43.1 Å². The maximum atomic E-state index is 12.8. The number of hydrogen-bond acceptors (Lipinski definition) is 8. The van der Waals surface area contributed by atoms with Gasteiger partial charge in [-0.05, 0) is 80.4 Å². The van der Waals surface area contributed by atoms with Crippen molar-refractivity contribution in [3.05, 3.63) is 66.0 Å². The molecule has 0 aliphatic carbocycles. The number of carbonyl (C=O) groups is 1. The first-order valence-electron chi connectivity index (χ1n) is 12.2. The van der Waals surface area contributed by atoms with E-state index in [1.165, 1.54) is 31.6 Å². The molecule has 10 nitrogen and oxygen atoms in total. The minimum Gasteiger partial charge on any atom is -0.493 e. The minimum absolute atomic E-state index is 0.0183. The maximum absolute atomic E-state index is 12.8. The monoisotopic (exact) mass is 571 g/mol. The third kappa shape index (κ3) is 8.62. The van der Waals surface area contributed by atoms with E-state index in [9.17, 15) is 13.2 Å². The Morgan fingerprint density at radius 2 is 1.77 bits per heavy atom. The average molecular weight is 572 g/mol. The Morgan fingerprint density at radius 3 is 2.46 bits per heavy atom. The lowest BCUT2D eigenvalue weighted by molar-refractivity contribution is -0.128. The lowest BCUT2D eigenvalue weighted by atomic mass is 9.87. The number of anilines is 2. The van der Waals surface area contributed by atoms with Gasteiger partial charge in [-0.3, -0.25) is 9.52 Å². The van der Waals surface area contributed by atoms with Crippen molar-refractivity contribution in [3.8, 4) is 11.6 Å². The highest BCUT2D eigenvalue weighted by Gasteiger charge is 2.28. The van der Waals surface area contributed by atoms with E-state index in [0.29, 0.717) is 25.1 Å². The standard InChI is InChI=1S/C27H33N5O5S2/c1-18-7-8-19(2)22(15-18)37-14-6-13-27(3,4)25(33)31-26(38)30-20-9-11-21(12-10-20)39(34,35)32-23-16-24(36-5)29-17-28-23/h7-12,15-17H,6,13-14H2,1-5H3,(H,28,29,32)(H2,30,31,33,38). The summed E-state index contributed by atoms with van der Waals surface area (Å²) in [4.78, 5) is 20.6. The minimum atomic E-state index is -3.89. The number of ether oxygens (including phenoxy) is 2. The van der Waals surface area contributed by atoms with Gasteiger partial charge in [-0.25, -0.2) is 18.4 Å².